The quantitative estimate of drug-likeness (QED) is 0.811. The Morgan fingerprint density at radius 3 is 2.25 bits per heavy atom. The Morgan fingerprint density at radius 2 is 1.71 bits per heavy atom. The van der Waals surface area contributed by atoms with Gasteiger partial charge in [-0.3, -0.25) is 0 Å². The molecule has 0 radical (unpaired) electrons. The van der Waals surface area contributed by atoms with Crippen molar-refractivity contribution in [2.45, 2.75) is 4.90 Å². The van der Waals surface area contributed by atoms with Crippen LogP contribution in [0.2, 0.25) is 5.02 Å². The number of carboxylic acid groups (broad SMARTS) is 1. The van der Waals surface area contributed by atoms with Gasteiger partial charge >= 0.3 is 5.97 Å². The third-order valence-corrected chi connectivity index (χ3v) is 5.42. The lowest BCUT2D eigenvalue weighted by Gasteiger charge is -2.17. The number of likely N-dealkylation sites (N-methyl/N-ethyl adjacent to an activating group) is 1. The van der Waals surface area contributed by atoms with Crippen molar-refractivity contribution in [1.82, 2.24) is 4.31 Å². The molecule has 0 aliphatic rings. The molecule has 2 rings (SSSR count). The van der Waals surface area contributed by atoms with Crippen molar-refractivity contribution in [3.05, 3.63) is 59.1 Å². The molecule has 0 aromatic heterocycles. The number of ether oxygens (including phenoxy) is 1. The smallest absolute Gasteiger partial charge is 0.335 e. The van der Waals surface area contributed by atoms with Gasteiger partial charge in [-0.25, -0.2) is 13.2 Å². The minimum Gasteiger partial charge on any atom is -0.492 e. The number of aromatic carboxylic acids is 1. The highest BCUT2D eigenvalue weighted by Crippen LogP contribution is 2.17. The second-order valence-electron chi connectivity index (χ2n) is 4.96. The first-order chi connectivity index (χ1) is 11.3. The van der Waals surface area contributed by atoms with Gasteiger partial charge in [0, 0.05) is 18.6 Å². The highest BCUT2D eigenvalue weighted by Gasteiger charge is 2.20. The predicted octanol–water partition coefficient (Wildman–Crippen LogP) is 2.74. The van der Waals surface area contributed by atoms with Crippen LogP contribution in [0.3, 0.4) is 0 Å². The molecule has 0 unspecified atom stereocenters. The molecule has 0 atom stereocenters. The number of rotatable bonds is 7. The van der Waals surface area contributed by atoms with Crippen molar-refractivity contribution in [3.63, 3.8) is 0 Å². The van der Waals surface area contributed by atoms with E-state index >= 15 is 0 Å². The number of hydrogen-bond donors (Lipinski definition) is 1. The van der Waals surface area contributed by atoms with Crippen LogP contribution < -0.4 is 4.74 Å². The molecular weight excluding hydrogens is 354 g/mol. The fourth-order valence-electron chi connectivity index (χ4n) is 1.89. The molecule has 0 heterocycles. The fraction of sp³-hybridized carbons (Fsp3) is 0.188. The molecule has 128 valence electrons. The summed E-state index contributed by atoms with van der Waals surface area (Å²) in [6.07, 6.45) is 0. The van der Waals surface area contributed by atoms with E-state index in [-0.39, 0.29) is 23.6 Å². The second kappa shape index (κ2) is 7.65. The van der Waals surface area contributed by atoms with Crippen LogP contribution in [0.15, 0.2) is 53.4 Å². The summed E-state index contributed by atoms with van der Waals surface area (Å²) in [6.45, 7) is 0.316. The molecule has 0 saturated carbocycles. The molecule has 24 heavy (non-hydrogen) atoms. The Bertz CT molecular complexity index is 803. The molecule has 0 aliphatic carbocycles. The number of hydrogen-bond acceptors (Lipinski definition) is 4. The molecule has 1 N–H and O–H groups in total. The van der Waals surface area contributed by atoms with Crippen LogP contribution in [0.25, 0.3) is 0 Å². The van der Waals surface area contributed by atoms with Crippen LogP contribution in [0.4, 0.5) is 0 Å². The van der Waals surface area contributed by atoms with Gasteiger partial charge in [0.2, 0.25) is 10.0 Å². The van der Waals surface area contributed by atoms with Gasteiger partial charge in [0.1, 0.15) is 12.4 Å². The zero-order valence-corrected chi connectivity index (χ0v) is 14.4. The highest BCUT2D eigenvalue weighted by molar-refractivity contribution is 7.89. The van der Waals surface area contributed by atoms with E-state index in [4.69, 9.17) is 21.4 Å². The third-order valence-electron chi connectivity index (χ3n) is 3.30. The molecular formula is C16H16ClNO5S. The van der Waals surface area contributed by atoms with Crippen LogP contribution >= 0.6 is 11.6 Å². The molecule has 6 nitrogen and oxygen atoms in total. The number of halogens is 1. The molecule has 0 aliphatic heterocycles. The molecule has 8 heteroatoms. The largest absolute Gasteiger partial charge is 0.492 e. The third kappa shape index (κ3) is 4.47. The minimum atomic E-state index is -3.70. The lowest BCUT2D eigenvalue weighted by Crippen LogP contribution is -2.31. The lowest BCUT2D eigenvalue weighted by molar-refractivity contribution is 0.0696. The van der Waals surface area contributed by atoms with Gasteiger partial charge in [-0.1, -0.05) is 11.6 Å². The van der Waals surface area contributed by atoms with Crippen LogP contribution in [-0.2, 0) is 10.0 Å². The molecule has 0 bridgehead atoms. The molecule has 0 saturated heterocycles. The van der Waals surface area contributed by atoms with E-state index in [1.54, 1.807) is 24.3 Å². The van der Waals surface area contributed by atoms with Gasteiger partial charge in [0.25, 0.3) is 0 Å². The molecule has 2 aromatic carbocycles. The number of nitrogens with zero attached hydrogens (tertiary/aromatic N) is 1. The average Bonchev–Trinajstić information content (AvgIpc) is 2.56. The van der Waals surface area contributed by atoms with Gasteiger partial charge in [-0.2, -0.15) is 4.31 Å². The number of carbonyl (C=O) groups is 1. The van der Waals surface area contributed by atoms with Gasteiger partial charge in [0.05, 0.1) is 10.5 Å². The van der Waals surface area contributed by atoms with Crippen molar-refractivity contribution < 1.29 is 23.1 Å². The molecule has 0 fully saturated rings. The number of carboxylic acids is 1. The Kier molecular flexibility index (Phi) is 5.82. The van der Waals surface area contributed by atoms with Gasteiger partial charge in [-0.05, 0) is 48.5 Å². The topological polar surface area (TPSA) is 83.9 Å². The normalized spacial score (nSPS) is 11.5. The van der Waals surface area contributed by atoms with Crippen molar-refractivity contribution >= 4 is 27.6 Å². The Labute approximate surface area is 145 Å². The van der Waals surface area contributed by atoms with E-state index in [0.717, 1.165) is 4.31 Å². The van der Waals surface area contributed by atoms with E-state index < -0.39 is 16.0 Å². The molecule has 2 aromatic rings. The second-order valence-corrected chi connectivity index (χ2v) is 7.44. The summed E-state index contributed by atoms with van der Waals surface area (Å²) in [5, 5.41) is 9.43. The zero-order chi connectivity index (χ0) is 17.7. The van der Waals surface area contributed by atoms with Crippen LogP contribution in [-0.4, -0.2) is 44.0 Å². The van der Waals surface area contributed by atoms with E-state index in [1.165, 1.54) is 31.3 Å². The minimum absolute atomic E-state index is 0.0292. The maximum absolute atomic E-state index is 12.4. The summed E-state index contributed by atoms with van der Waals surface area (Å²) in [5.74, 6) is -0.514. The maximum atomic E-state index is 12.4. The Hall–Kier alpha value is -2.09. The predicted molar refractivity (Wildman–Crippen MR) is 90.2 cm³/mol. The summed E-state index contributed by atoms with van der Waals surface area (Å²) < 4.78 is 31.4. The molecule has 0 spiro atoms. The maximum Gasteiger partial charge on any atom is 0.335 e. The number of sulfonamides is 1. The Morgan fingerprint density at radius 1 is 1.12 bits per heavy atom. The first-order valence-electron chi connectivity index (χ1n) is 6.99. The van der Waals surface area contributed by atoms with E-state index in [0.29, 0.717) is 10.8 Å². The van der Waals surface area contributed by atoms with E-state index in [1.807, 2.05) is 0 Å². The highest BCUT2D eigenvalue weighted by atomic mass is 35.5. The van der Waals surface area contributed by atoms with Crippen LogP contribution in [0.1, 0.15) is 10.4 Å². The molecule has 0 amide bonds. The zero-order valence-electron chi connectivity index (χ0n) is 12.8. The SMILES string of the molecule is CN(CCOc1ccc(Cl)cc1)S(=O)(=O)c1ccc(C(=O)O)cc1. The standard InChI is InChI=1S/C16H16ClNO5S/c1-18(10-11-23-14-6-4-13(17)5-7-14)24(21,22)15-8-2-12(3-9-15)16(19)20/h2-9H,10-11H2,1H3,(H,19,20). The van der Waals surface area contributed by atoms with E-state index in [9.17, 15) is 13.2 Å². The van der Waals surface area contributed by atoms with Crippen molar-refractivity contribution in [2.24, 2.45) is 0 Å². The summed E-state index contributed by atoms with van der Waals surface area (Å²) in [5.41, 5.74) is 0.0303. The van der Waals surface area contributed by atoms with E-state index in [2.05, 4.69) is 0 Å². The first kappa shape index (κ1) is 18.3. The van der Waals surface area contributed by atoms with Crippen molar-refractivity contribution in [1.29, 1.82) is 0 Å². The fourth-order valence-corrected chi connectivity index (χ4v) is 3.17. The van der Waals surface area contributed by atoms with Gasteiger partial charge in [-0.15, -0.1) is 0 Å². The lowest BCUT2D eigenvalue weighted by atomic mass is 10.2. The monoisotopic (exact) mass is 369 g/mol. The first-order valence-corrected chi connectivity index (χ1v) is 8.80. The number of benzene rings is 2. The summed E-state index contributed by atoms with van der Waals surface area (Å²) in [4.78, 5) is 10.8. The van der Waals surface area contributed by atoms with Crippen molar-refractivity contribution in [2.75, 3.05) is 20.2 Å². The van der Waals surface area contributed by atoms with Gasteiger partial charge < -0.3 is 9.84 Å². The average molecular weight is 370 g/mol. The summed E-state index contributed by atoms with van der Waals surface area (Å²) in [7, 11) is -2.27. The summed E-state index contributed by atoms with van der Waals surface area (Å²) in [6, 6.07) is 11.8. The van der Waals surface area contributed by atoms with Crippen LogP contribution in [0.5, 0.6) is 5.75 Å². The Balaban J connectivity index is 1.98. The summed E-state index contributed by atoms with van der Waals surface area (Å²) >= 11 is 5.77. The van der Waals surface area contributed by atoms with Crippen molar-refractivity contribution in [3.8, 4) is 5.75 Å². The van der Waals surface area contributed by atoms with Crippen LogP contribution in [0, 0.1) is 0 Å². The van der Waals surface area contributed by atoms with Gasteiger partial charge in [0.15, 0.2) is 0 Å².